The summed E-state index contributed by atoms with van der Waals surface area (Å²) in [6.07, 6.45) is -3.50. The van der Waals surface area contributed by atoms with E-state index >= 15 is 0 Å². The number of hydrogen-bond donors (Lipinski definition) is 3. The first-order valence-corrected chi connectivity index (χ1v) is 12.6. The molecule has 0 aliphatic carbocycles. The van der Waals surface area contributed by atoms with Crippen molar-refractivity contribution in [2.75, 3.05) is 17.7 Å². The van der Waals surface area contributed by atoms with Crippen molar-refractivity contribution in [1.29, 1.82) is 0 Å². The smallest absolute Gasteiger partial charge is 0.373 e. The van der Waals surface area contributed by atoms with Gasteiger partial charge in [-0.15, -0.1) is 0 Å². The molecule has 2 amide bonds. The number of nitrogens with one attached hydrogen (secondary N) is 3. The average molecular weight is 571 g/mol. The Morgan fingerprint density at radius 1 is 0.975 bits per heavy atom. The molecule has 208 valence electrons. The number of alkyl halides is 3. The number of anilines is 2. The molecule has 4 rings (SSSR count). The predicted octanol–water partition coefficient (Wildman–Crippen LogP) is 6.32. The summed E-state index contributed by atoms with van der Waals surface area (Å²) >= 11 is 6.30. The van der Waals surface area contributed by atoms with Gasteiger partial charge in [-0.25, -0.2) is 9.97 Å². The highest BCUT2D eigenvalue weighted by Gasteiger charge is 2.32. The van der Waals surface area contributed by atoms with Crippen LogP contribution in [-0.4, -0.2) is 33.8 Å². The van der Waals surface area contributed by atoms with Crippen molar-refractivity contribution >= 4 is 45.8 Å². The molecule has 12 heteroatoms. The van der Waals surface area contributed by atoms with E-state index in [0.29, 0.717) is 33.5 Å². The molecule has 2 heterocycles. The van der Waals surface area contributed by atoms with Gasteiger partial charge >= 0.3 is 6.18 Å². The minimum absolute atomic E-state index is 0.126. The second-order valence-corrected chi connectivity index (χ2v) is 10.4. The van der Waals surface area contributed by atoms with Crippen molar-refractivity contribution in [3.05, 3.63) is 76.6 Å². The maximum atomic E-state index is 13.1. The molecule has 0 spiro atoms. The van der Waals surface area contributed by atoms with Crippen LogP contribution < -0.4 is 16.0 Å². The Morgan fingerprint density at radius 3 is 2.35 bits per heavy atom. The molecule has 40 heavy (non-hydrogen) atoms. The lowest BCUT2D eigenvalue weighted by molar-refractivity contribution is -0.141. The SMILES string of the molecule is CNc1nc(-c2ccc(C(F)(F)F)nc2)nc2cc(NC(=O)c3cc(CNC(=O)C(C)(C)C)ccc3Cl)ccc12. The molecule has 3 N–H and O–H groups in total. The summed E-state index contributed by atoms with van der Waals surface area (Å²) in [5, 5.41) is 9.47. The van der Waals surface area contributed by atoms with Crippen molar-refractivity contribution < 1.29 is 22.8 Å². The number of amides is 2. The Morgan fingerprint density at radius 2 is 1.73 bits per heavy atom. The second-order valence-electron chi connectivity index (χ2n) is 10.0. The number of pyridine rings is 1. The lowest BCUT2D eigenvalue weighted by Gasteiger charge is -2.18. The van der Waals surface area contributed by atoms with Crippen LogP contribution in [0.4, 0.5) is 24.7 Å². The fraction of sp³-hybridized carbons (Fsp3) is 0.250. The van der Waals surface area contributed by atoms with Crippen LogP contribution in [0.25, 0.3) is 22.3 Å². The molecule has 2 aromatic carbocycles. The summed E-state index contributed by atoms with van der Waals surface area (Å²) in [4.78, 5) is 37.7. The van der Waals surface area contributed by atoms with Crippen molar-refractivity contribution in [2.24, 2.45) is 5.41 Å². The van der Waals surface area contributed by atoms with Gasteiger partial charge < -0.3 is 16.0 Å². The van der Waals surface area contributed by atoms with E-state index in [9.17, 15) is 22.8 Å². The van der Waals surface area contributed by atoms with Gasteiger partial charge in [0.05, 0.1) is 16.1 Å². The third-order valence-electron chi connectivity index (χ3n) is 5.91. The molecule has 0 aliphatic heterocycles. The number of fused-ring (bicyclic) bond motifs is 1. The first-order chi connectivity index (χ1) is 18.8. The fourth-order valence-corrected chi connectivity index (χ4v) is 3.93. The number of rotatable bonds is 6. The zero-order valence-electron chi connectivity index (χ0n) is 22.1. The van der Waals surface area contributed by atoms with Crippen LogP contribution in [0.3, 0.4) is 0 Å². The lowest BCUT2D eigenvalue weighted by Crippen LogP contribution is -2.34. The number of carbonyl (C=O) groups is 2. The second kappa shape index (κ2) is 11.1. The zero-order chi connectivity index (χ0) is 29.2. The number of aromatic nitrogens is 3. The number of halogens is 4. The van der Waals surface area contributed by atoms with Gasteiger partial charge in [0.15, 0.2) is 5.82 Å². The van der Waals surface area contributed by atoms with Gasteiger partial charge in [-0.3, -0.25) is 14.6 Å². The summed E-state index contributed by atoms with van der Waals surface area (Å²) in [5.74, 6) is 0.0165. The van der Waals surface area contributed by atoms with Crippen LogP contribution in [0.1, 0.15) is 42.4 Å². The third-order valence-corrected chi connectivity index (χ3v) is 6.24. The molecule has 0 saturated carbocycles. The highest BCUT2D eigenvalue weighted by Crippen LogP contribution is 2.30. The molecule has 0 radical (unpaired) electrons. The third kappa shape index (κ3) is 6.48. The minimum atomic E-state index is -4.56. The summed E-state index contributed by atoms with van der Waals surface area (Å²) in [5.41, 5.74) is 0.501. The van der Waals surface area contributed by atoms with Crippen molar-refractivity contribution in [3.8, 4) is 11.4 Å². The highest BCUT2D eigenvalue weighted by molar-refractivity contribution is 6.34. The molecule has 0 unspecified atom stereocenters. The summed E-state index contributed by atoms with van der Waals surface area (Å²) in [6.45, 7) is 5.65. The summed E-state index contributed by atoms with van der Waals surface area (Å²) in [6, 6.07) is 12.1. The average Bonchev–Trinajstić information content (AvgIpc) is 2.90. The predicted molar refractivity (Wildman–Crippen MR) is 148 cm³/mol. The van der Waals surface area contributed by atoms with Gasteiger partial charge in [-0.2, -0.15) is 13.2 Å². The van der Waals surface area contributed by atoms with E-state index in [0.717, 1.165) is 12.3 Å². The van der Waals surface area contributed by atoms with Crippen LogP contribution in [0.2, 0.25) is 5.02 Å². The monoisotopic (exact) mass is 570 g/mol. The maximum Gasteiger partial charge on any atom is 0.433 e. The normalized spacial score (nSPS) is 11.8. The van der Waals surface area contributed by atoms with Gasteiger partial charge in [0.1, 0.15) is 11.5 Å². The van der Waals surface area contributed by atoms with Crippen LogP contribution in [0, 0.1) is 5.41 Å². The number of carbonyl (C=O) groups excluding carboxylic acids is 2. The molecule has 0 saturated heterocycles. The summed E-state index contributed by atoms with van der Waals surface area (Å²) in [7, 11) is 1.66. The molecular formula is C28H26ClF3N6O2. The minimum Gasteiger partial charge on any atom is -0.373 e. The molecule has 0 fully saturated rings. The number of nitrogens with zero attached hydrogens (tertiary/aromatic N) is 3. The van der Waals surface area contributed by atoms with Gasteiger partial charge in [-0.1, -0.05) is 38.4 Å². The quantitative estimate of drug-likeness (QED) is 0.250. The van der Waals surface area contributed by atoms with Crippen LogP contribution >= 0.6 is 11.6 Å². The fourth-order valence-electron chi connectivity index (χ4n) is 3.72. The van der Waals surface area contributed by atoms with Gasteiger partial charge in [-0.05, 0) is 48.0 Å². The molecule has 0 atom stereocenters. The van der Waals surface area contributed by atoms with E-state index in [1.54, 1.807) is 64.2 Å². The van der Waals surface area contributed by atoms with Crippen molar-refractivity contribution in [1.82, 2.24) is 20.3 Å². The summed E-state index contributed by atoms with van der Waals surface area (Å²) < 4.78 is 38.8. The van der Waals surface area contributed by atoms with Gasteiger partial charge in [0, 0.05) is 41.8 Å². The molecule has 4 aromatic rings. The molecular weight excluding hydrogens is 545 g/mol. The Hall–Kier alpha value is -4.25. The highest BCUT2D eigenvalue weighted by atomic mass is 35.5. The number of hydrogen-bond acceptors (Lipinski definition) is 6. The van der Waals surface area contributed by atoms with Crippen LogP contribution in [0.15, 0.2) is 54.7 Å². The zero-order valence-corrected chi connectivity index (χ0v) is 22.8. The molecule has 0 bridgehead atoms. The van der Waals surface area contributed by atoms with E-state index in [4.69, 9.17) is 11.6 Å². The van der Waals surface area contributed by atoms with Crippen molar-refractivity contribution in [2.45, 2.75) is 33.5 Å². The van der Waals surface area contributed by atoms with Crippen LogP contribution in [0.5, 0.6) is 0 Å². The van der Waals surface area contributed by atoms with Crippen molar-refractivity contribution in [3.63, 3.8) is 0 Å². The standard InChI is InChI=1S/C28H26ClF3N6O2/c1-27(2,3)26(40)35-13-15-5-9-20(29)19(11-15)25(39)36-17-7-8-18-21(12-17)37-23(38-24(18)33-4)16-6-10-22(34-14-16)28(30,31)32/h5-12,14H,13H2,1-4H3,(H,35,40)(H,36,39)(H,33,37,38). The van der Waals surface area contributed by atoms with Crippen LogP contribution in [-0.2, 0) is 17.5 Å². The van der Waals surface area contributed by atoms with E-state index in [2.05, 4.69) is 30.9 Å². The van der Waals surface area contributed by atoms with Gasteiger partial charge in [0.2, 0.25) is 5.91 Å². The van der Waals surface area contributed by atoms with Gasteiger partial charge in [0.25, 0.3) is 5.91 Å². The largest absolute Gasteiger partial charge is 0.433 e. The Labute approximate surface area is 233 Å². The Bertz CT molecular complexity index is 1580. The first kappa shape index (κ1) is 28.8. The lowest BCUT2D eigenvalue weighted by atomic mass is 9.95. The first-order valence-electron chi connectivity index (χ1n) is 12.2. The van der Waals surface area contributed by atoms with E-state index in [-0.39, 0.29) is 28.9 Å². The Balaban J connectivity index is 1.60. The molecule has 2 aromatic heterocycles. The maximum absolute atomic E-state index is 13.1. The number of benzene rings is 2. The molecule has 0 aliphatic rings. The van der Waals surface area contributed by atoms with E-state index in [1.807, 2.05) is 0 Å². The topological polar surface area (TPSA) is 109 Å². The van der Waals surface area contributed by atoms with E-state index < -0.39 is 23.2 Å². The van der Waals surface area contributed by atoms with E-state index in [1.165, 1.54) is 6.07 Å². The Kier molecular flexibility index (Phi) is 7.97. The molecule has 8 nitrogen and oxygen atoms in total.